The molecule has 1 aromatic heterocycles. The summed E-state index contributed by atoms with van der Waals surface area (Å²) in [4.78, 5) is 23.4. The first kappa shape index (κ1) is 19.3. The maximum absolute atomic E-state index is 12.3. The van der Waals surface area contributed by atoms with E-state index in [4.69, 9.17) is 16.7 Å². The number of hydrogen-bond donors (Lipinski definition) is 2. The van der Waals surface area contributed by atoms with E-state index >= 15 is 0 Å². The number of aliphatic carboxylic acids is 1. The Hall–Kier alpha value is -1.99. The molecule has 2 N–H and O–H groups in total. The highest BCUT2D eigenvalue weighted by atomic mass is 35.5. The Morgan fingerprint density at radius 3 is 2.48 bits per heavy atom. The van der Waals surface area contributed by atoms with E-state index in [1.807, 2.05) is 0 Å². The predicted octanol–water partition coefficient (Wildman–Crippen LogP) is 3.98. The molecule has 8 heteroatoms. The van der Waals surface area contributed by atoms with Crippen LogP contribution in [0.5, 0.6) is 0 Å². The smallest absolute Gasteiger partial charge is 0.303 e. The Balaban J connectivity index is 2.02. The third-order valence-electron chi connectivity index (χ3n) is 3.49. The van der Waals surface area contributed by atoms with E-state index in [1.54, 1.807) is 24.3 Å². The zero-order chi connectivity index (χ0) is 18.4. The lowest BCUT2D eigenvalue weighted by Crippen LogP contribution is -2.17. The lowest BCUT2D eigenvalue weighted by atomic mass is 9.92. The van der Waals surface area contributed by atoms with Gasteiger partial charge in [-0.05, 0) is 23.6 Å². The van der Waals surface area contributed by atoms with Crippen molar-refractivity contribution in [2.45, 2.75) is 39.0 Å². The Bertz CT molecular complexity index is 731. The second kappa shape index (κ2) is 8.92. The average molecular weight is 382 g/mol. The number of amides is 1. The van der Waals surface area contributed by atoms with Gasteiger partial charge in [0.2, 0.25) is 11.0 Å². The van der Waals surface area contributed by atoms with E-state index in [1.165, 1.54) is 11.3 Å². The first-order chi connectivity index (χ1) is 11.8. The van der Waals surface area contributed by atoms with Gasteiger partial charge in [-0.3, -0.25) is 9.59 Å². The minimum Gasteiger partial charge on any atom is -0.481 e. The van der Waals surface area contributed by atoms with Crippen LogP contribution in [0.1, 0.15) is 43.2 Å². The van der Waals surface area contributed by atoms with Crippen molar-refractivity contribution in [1.82, 2.24) is 10.2 Å². The monoisotopic (exact) mass is 381 g/mol. The van der Waals surface area contributed by atoms with Crippen molar-refractivity contribution < 1.29 is 14.7 Å². The fourth-order valence-electron chi connectivity index (χ4n) is 2.38. The van der Waals surface area contributed by atoms with Gasteiger partial charge in [-0.2, -0.15) is 0 Å². The summed E-state index contributed by atoms with van der Waals surface area (Å²) in [7, 11) is 0. The summed E-state index contributed by atoms with van der Waals surface area (Å²) in [5.74, 6) is -1.21. The Morgan fingerprint density at radius 2 is 1.88 bits per heavy atom. The van der Waals surface area contributed by atoms with E-state index in [-0.39, 0.29) is 18.7 Å². The van der Waals surface area contributed by atoms with Crippen LogP contribution < -0.4 is 5.32 Å². The molecule has 0 bridgehead atoms. The molecule has 134 valence electrons. The molecule has 0 aliphatic heterocycles. The van der Waals surface area contributed by atoms with E-state index in [0.29, 0.717) is 16.1 Å². The van der Waals surface area contributed by atoms with Crippen LogP contribution in [0.3, 0.4) is 0 Å². The van der Waals surface area contributed by atoms with Gasteiger partial charge in [0.25, 0.3) is 0 Å². The standard InChI is InChI=1S/C17H20ClN3O3S/c1-10(2)7-15-20-21-17(25-15)19-14(22)8-12(9-16(23)24)11-3-5-13(18)6-4-11/h3-6,10,12H,7-9H2,1-2H3,(H,23,24)(H,19,21,22). The van der Waals surface area contributed by atoms with Gasteiger partial charge in [0, 0.05) is 23.8 Å². The van der Waals surface area contributed by atoms with E-state index < -0.39 is 11.9 Å². The number of carboxylic acids is 1. The molecule has 0 saturated carbocycles. The predicted molar refractivity (Wildman–Crippen MR) is 98.1 cm³/mol. The minimum atomic E-state index is -0.956. The molecule has 1 atom stereocenters. The van der Waals surface area contributed by atoms with Crippen LogP contribution in [0, 0.1) is 5.92 Å². The Kier molecular flexibility index (Phi) is 6.90. The number of carbonyl (C=O) groups is 2. The highest BCUT2D eigenvalue weighted by Crippen LogP contribution is 2.26. The third kappa shape index (κ3) is 6.43. The summed E-state index contributed by atoms with van der Waals surface area (Å²) in [5.41, 5.74) is 0.764. The van der Waals surface area contributed by atoms with Gasteiger partial charge >= 0.3 is 5.97 Å². The van der Waals surface area contributed by atoms with Gasteiger partial charge in [0.1, 0.15) is 5.01 Å². The molecule has 6 nitrogen and oxygen atoms in total. The average Bonchev–Trinajstić information content (AvgIpc) is 2.93. The zero-order valence-electron chi connectivity index (χ0n) is 14.0. The number of anilines is 1. The van der Waals surface area contributed by atoms with Crippen LogP contribution in [0.15, 0.2) is 24.3 Å². The lowest BCUT2D eigenvalue weighted by molar-refractivity contribution is -0.137. The summed E-state index contributed by atoms with van der Waals surface area (Å²) in [6, 6.07) is 6.86. The largest absolute Gasteiger partial charge is 0.481 e. The van der Waals surface area contributed by atoms with Crippen molar-refractivity contribution in [3.63, 3.8) is 0 Å². The molecule has 0 aliphatic rings. The topological polar surface area (TPSA) is 92.2 Å². The summed E-state index contributed by atoms with van der Waals surface area (Å²) in [6.45, 7) is 4.17. The van der Waals surface area contributed by atoms with Gasteiger partial charge in [0.05, 0.1) is 6.42 Å². The molecule has 0 aliphatic carbocycles. The fraction of sp³-hybridized carbons (Fsp3) is 0.412. The molecule has 0 fully saturated rings. The maximum Gasteiger partial charge on any atom is 0.303 e. The molecule has 1 unspecified atom stereocenters. The van der Waals surface area contributed by atoms with Gasteiger partial charge in [-0.15, -0.1) is 10.2 Å². The van der Waals surface area contributed by atoms with Crippen molar-refractivity contribution in [3.05, 3.63) is 39.9 Å². The second-order valence-electron chi connectivity index (χ2n) is 6.20. The number of benzene rings is 1. The van der Waals surface area contributed by atoms with Gasteiger partial charge < -0.3 is 10.4 Å². The molecule has 0 radical (unpaired) electrons. The first-order valence-electron chi connectivity index (χ1n) is 7.93. The molecule has 2 aromatic rings. The third-order valence-corrected chi connectivity index (χ3v) is 4.60. The minimum absolute atomic E-state index is 0.0486. The molecular weight excluding hydrogens is 362 g/mol. The molecule has 25 heavy (non-hydrogen) atoms. The zero-order valence-corrected chi connectivity index (χ0v) is 15.6. The molecule has 0 spiro atoms. The van der Waals surface area contributed by atoms with Crippen LogP contribution in [-0.4, -0.2) is 27.2 Å². The Morgan fingerprint density at radius 1 is 1.20 bits per heavy atom. The summed E-state index contributed by atoms with van der Waals surface area (Å²) in [6.07, 6.45) is 0.719. The molecule has 2 rings (SSSR count). The molecule has 1 heterocycles. The van der Waals surface area contributed by atoms with Crippen LogP contribution >= 0.6 is 22.9 Å². The summed E-state index contributed by atoms with van der Waals surface area (Å²) < 4.78 is 0. The number of hydrogen-bond acceptors (Lipinski definition) is 5. The number of aromatic nitrogens is 2. The number of carbonyl (C=O) groups excluding carboxylic acids is 1. The van der Waals surface area contributed by atoms with Crippen LogP contribution in [-0.2, 0) is 16.0 Å². The number of halogens is 1. The molecule has 1 aromatic carbocycles. The van der Waals surface area contributed by atoms with Crippen LogP contribution in [0.4, 0.5) is 5.13 Å². The van der Waals surface area contributed by atoms with Gasteiger partial charge in [-0.25, -0.2) is 0 Å². The van der Waals surface area contributed by atoms with E-state index in [0.717, 1.165) is 17.0 Å². The quantitative estimate of drug-likeness (QED) is 0.721. The number of nitrogens with one attached hydrogen (secondary N) is 1. The summed E-state index contributed by atoms with van der Waals surface area (Å²) >= 11 is 7.20. The van der Waals surface area contributed by atoms with Crippen LogP contribution in [0.25, 0.3) is 0 Å². The summed E-state index contributed by atoms with van der Waals surface area (Å²) in [5, 5.41) is 21.7. The Labute approximate surface area is 155 Å². The number of nitrogens with zero attached hydrogens (tertiary/aromatic N) is 2. The van der Waals surface area contributed by atoms with Crippen molar-refractivity contribution in [1.29, 1.82) is 0 Å². The first-order valence-corrected chi connectivity index (χ1v) is 9.12. The van der Waals surface area contributed by atoms with Gasteiger partial charge in [0.15, 0.2) is 0 Å². The van der Waals surface area contributed by atoms with Crippen molar-refractivity contribution in [3.8, 4) is 0 Å². The van der Waals surface area contributed by atoms with E-state index in [2.05, 4.69) is 29.4 Å². The SMILES string of the molecule is CC(C)Cc1nnc(NC(=O)CC(CC(=O)O)c2ccc(Cl)cc2)s1. The highest BCUT2D eigenvalue weighted by Gasteiger charge is 2.20. The molecular formula is C17H20ClN3O3S. The number of rotatable bonds is 8. The van der Waals surface area contributed by atoms with Crippen molar-refractivity contribution >= 4 is 39.9 Å². The second-order valence-corrected chi connectivity index (χ2v) is 7.70. The van der Waals surface area contributed by atoms with Crippen molar-refractivity contribution in [2.75, 3.05) is 5.32 Å². The van der Waals surface area contributed by atoms with Crippen LogP contribution in [0.2, 0.25) is 5.02 Å². The molecule has 0 saturated heterocycles. The van der Waals surface area contributed by atoms with Gasteiger partial charge in [-0.1, -0.05) is 48.9 Å². The van der Waals surface area contributed by atoms with Crippen molar-refractivity contribution in [2.24, 2.45) is 5.92 Å². The lowest BCUT2D eigenvalue weighted by Gasteiger charge is -2.14. The van der Waals surface area contributed by atoms with E-state index in [9.17, 15) is 9.59 Å². The maximum atomic E-state index is 12.3. The normalized spacial score (nSPS) is 12.2. The highest BCUT2D eigenvalue weighted by molar-refractivity contribution is 7.15. The molecule has 1 amide bonds. The fourth-order valence-corrected chi connectivity index (χ4v) is 3.48. The number of carboxylic acid groups (broad SMARTS) is 1.